The van der Waals surface area contributed by atoms with Crippen molar-refractivity contribution in [2.24, 2.45) is 11.3 Å². The van der Waals surface area contributed by atoms with E-state index < -0.39 is 21.0 Å². The van der Waals surface area contributed by atoms with Crippen LogP contribution in [0.4, 0.5) is 4.79 Å². The lowest BCUT2D eigenvalue weighted by Gasteiger charge is -2.44. The minimum Gasteiger partial charge on any atom is -0.388 e. The number of benzene rings is 1. The van der Waals surface area contributed by atoms with Crippen molar-refractivity contribution in [1.29, 1.82) is 0 Å². The van der Waals surface area contributed by atoms with Crippen LogP contribution in [0.2, 0.25) is 5.02 Å². The smallest absolute Gasteiger partial charge is 0.320 e. The van der Waals surface area contributed by atoms with Crippen LogP contribution >= 0.6 is 11.6 Å². The van der Waals surface area contributed by atoms with Crippen LogP contribution in [0.15, 0.2) is 18.3 Å². The predicted molar refractivity (Wildman–Crippen MR) is 126 cm³/mol. The molecule has 0 bridgehead atoms. The normalized spacial score (nSPS) is 21.4. The summed E-state index contributed by atoms with van der Waals surface area (Å²) in [6.07, 6.45) is 2.64. The van der Waals surface area contributed by atoms with Gasteiger partial charge in [0.25, 0.3) is 0 Å². The van der Waals surface area contributed by atoms with E-state index >= 15 is 0 Å². The average Bonchev–Trinajstić information content (AvgIpc) is 3.20. The molecule has 2 aliphatic heterocycles. The van der Waals surface area contributed by atoms with Gasteiger partial charge in [0.15, 0.2) is 0 Å². The minimum atomic E-state index is -2.02. The Morgan fingerprint density at radius 3 is 2.52 bits per heavy atom. The van der Waals surface area contributed by atoms with Crippen LogP contribution in [0.5, 0.6) is 0 Å². The molecule has 7 nitrogen and oxygen atoms in total. The highest BCUT2D eigenvalue weighted by Crippen LogP contribution is 2.46. The molecule has 170 valence electrons. The van der Waals surface area contributed by atoms with E-state index in [1.54, 1.807) is 11.1 Å². The second kappa shape index (κ2) is 8.30. The van der Waals surface area contributed by atoms with E-state index in [9.17, 15) is 14.1 Å². The molecule has 1 aromatic heterocycles. The molecular formula is C22H31ClN4O3S. The highest BCUT2D eigenvalue weighted by atomic mass is 35.5. The van der Waals surface area contributed by atoms with E-state index in [0.717, 1.165) is 29.3 Å². The number of halogens is 1. The van der Waals surface area contributed by atoms with Gasteiger partial charge in [0.2, 0.25) is 0 Å². The number of H-pyrrole nitrogens is 1. The van der Waals surface area contributed by atoms with Gasteiger partial charge in [0.05, 0.1) is 17.8 Å². The molecule has 1 atom stereocenters. The number of hydrogen-bond donors (Lipinski definition) is 2. The van der Waals surface area contributed by atoms with Crippen LogP contribution in [0, 0.1) is 11.3 Å². The van der Waals surface area contributed by atoms with Gasteiger partial charge in [-0.3, -0.25) is 9.31 Å². The molecule has 0 unspecified atom stereocenters. The quantitative estimate of drug-likeness (QED) is 0.680. The number of aliphatic hydroxyl groups excluding tert-OH is 1. The predicted octanol–water partition coefficient (Wildman–Crippen LogP) is 3.14. The number of hydrogen-bond acceptors (Lipinski definition) is 4. The SMILES string of the molecule is C=S1(=O)CCN(C(=O)N2CCC(C(C)(C)[C@H](O)c3cc(Cl)cc4cn[nH]c34)CC2)CC1. The van der Waals surface area contributed by atoms with Crippen LogP contribution in [0.3, 0.4) is 0 Å². The number of aromatic amines is 1. The molecular weight excluding hydrogens is 436 g/mol. The number of nitrogens with zero attached hydrogens (tertiary/aromatic N) is 3. The molecule has 2 aliphatic rings. The number of fused-ring (bicyclic) bond motifs is 1. The molecule has 2 N–H and O–H groups in total. The van der Waals surface area contributed by atoms with Crippen molar-refractivity contribution in [3.05, 3.63) is 28.9 Å². The van der Waals surface area contributed by atoms with Crippen molar-refractivity contribution in [2.75, 3.05) is 37.7 Å². The van der Waals surface area contributed by atoms with Crippen LogP contribution in [0.25, 0.3) is 10.9 Å². The summed E-state index contributed by atoms with van der Waals surface area (Å²) in [7, 11) is -2.02. The summed E-state index contributed by atoms with van der Waals surface area (Å²) in [4.78, 5) is 16.6. The zero-order chi connectivity index (χ0) is 22.4. The standard InChI is InChI=1S/C22H31ClN4O3S/c1-22(2,20(28)18-13-17(23)12-15-14-24-25-19(15)18)16-4-6-26(7-5-16)21(29)27-8-10-31(3,30)11-9-27/h12-14,16,20,28H,3-11H2,1-2H3,(H,24,25)/t20-/m1/s1. The molecule has 3 heterocycles. The molecule has 1 aromatic carbocycles. The van der Waals surface area contributed by atoms with Crippen molar-refractivity contribution < 1.29 is 14.1 Å². The van der Waals surface area contributed by atoms with Gasteiger partial charge in [-0.2, -0.15) is 5.10 Å². The monoisotopic (exact) mass is 466 g/mol. The average molecular weight is 467 g/mol. The molecule has 9 heteroatoms. The van der Waals surface area contributed by atoms with Crippen LogP contribution in [0.1, 0.15) is 38.4 Å². The fourth-order valence-corrected chi connectivity index (χ4v) is 6.41. The molecule has 0 radical (unpaired) electrons. The zero-order valence-corrected chi connectivity index (χ0v) is 19.7. The van der Waals surface area contributed by atoms with Crippen LogP contribution in [-0.4, -0.2) is 78.9 Å². The molecule has 2 amide bonds. The number of piperidine rings is 1. The number of likely N-dealkylation sites (tertiary alicyclic amines) is 1. The summed E-state index contributed by atoms with van der Waals surface area (Å²) in [6, 6.07) is 3.67. The van der Waals surface area contributed by atoms with Gasteiger partial charge in [-0.05, 0) is 51.7 Å². The largest absolute Gasteiger partial charge is 0.388 e. The van der Waals surface area contributed by atoms with Gasteiger partial charge in [0.1, 0.15) is 0 Å². The number of carbonyl (C=O) groups excluding carboxylic acids is 1. The summed E-state index contributed by atoms with van der Waals surface area (Å²) < 4.78 is 12.1. The molecule has 0 spiro atoms. The lowest BCUT2D eigenvalue weighted by molar-refractivity contribution is -0.0156. The number of aromatic nitrogens is 2. The fraction of sp³-hybridized carbons (Fsp3) is 0.591. The number of carbonyl (C=O) groups is 1. The van der Waals surface area contributed by atoms with Gasteiger partial charge >= 0.3 is 6.03 Å². The lowest BCUT2D eigenvalue weighted by Crippen LogP contribution is -2.52. The van der Waals surface area contributed by atoms with E-state index in [2.05, 4.69) is 29.9 Å². The van der Waals surface area contributed by atoms with E-state index in [0.29, 0.717) is 42.7 Å². The summed E-state index contributed by atoms with van der Waals surface area (Å²) in [5, 5.41) is 19.9. The highest BCUT2D eigenvalue weighted by Gasteiger charge is 2.41. The Balaban J connectivity index is 1.43. The molecule has 2 saturated heterocycles. The van der Waals surface area contributed by atoms with Crippen molar-refractivity contribution in [3.63, 3.8) is 0 Å². The maximum Gasteiger partial charge on any atom is 0.320 e. The topological polar surface area (TPSA) is 89.5 Å². The van der Waals surface area contributed by atoms with E-state index in [1.165, 1.54) is 0 Å². The second-order valence-electron chi connectivity index (χ2n) is 9.46. The Bertz CT molecular complexity index is 1060. The van der Waals surface area contributed by atoms with Gasteiger partial charge in [-0.15, -0.1) is 0 Å². The number of nitrogens with one attached hydrogen (secondary N) is 1. The van der Waals surface area contributed by atoms with Crippen molar-refractivity contribution >= 4 is 43.9 Å². The first-order valence-electron chi connectivity index (χ1n) is 10.8. The maximum absolute atomic E-state index is 12.9. The van der Waals surface area contributed by atoms with E-state index in [1.807, 2.05) is 17.0 Å². The minimum absolute atomic E-state index is 0.0284. The third-order valence-corrected chi connectivity index (χ3v) is 9.17. The fourth-order valence-electron chi connectivity index (χ4n) is 4.86. The maximum atomic E-state index is 12.9. The van der Waals surface area contributed by atoms with Gasteiger partial charge in [-0.25, -0.2) is 4.79 Å². The first-order valence-corrected chi connectivity index (χ1v) is 13.2. The Morgan fingerprint density at radius 2 is 1.87 bits per heavy atom. The summed E-state index contributed by atoms with van der Waals surface area (Å²) in [5.41, 5.74) is 1.17. The first kappa shape index (κ1) is 22.4. The number of rotatable bonds is 3. The Hall–Kier alpha value is -1.77. The number of aliphatic hydroxyl groups is 1. The number of urea groups is 1. The Labute approximate surface area is 188 Å². The van der Waals surface area contributed by atoms with E-state index in [4.69, 9.17) is 11.6 Å². The van der Waals surface area contributed by atoms with Gasteiger partial charge in [0, 0.05) is 53.7 Å². The Kier molecular flexibility index (Phi) is 6.00. The summed E-state index contributed by atoms with van der Waals surface area (Å²) in [5.74, 6) is 4.99. The van der Waals surface area contributed by atoms with Crippen molar-refractivity contribution in [2.45, 2.75) is 32.8 Å². The second-order valence-corrected chi connectivity index (χ2v) is 12.6. The molecule has 31 heavy (non-hydrogen) atoms. The van der Waals surface area contributed by atoms with Gasteiger partial charge in [-0.1, -0.05) is 25.4 Å². The molecule has 4 rings (SSSR count). The van der Waals surface area contributed by atoms with Crippen molar-refractivity contribution in [3.8, 4) is 0 Å². The summed E-state index contributed by atoms with van der Waals surface area (Å²) >= 11 is 6.28. The molecule has 2 aromatic rings. The zero-order valence-electron chi connectivity index (χ0n) is 18.1. The van der Waals surface area contributed by atoms with Crippen molar-refractivity contribution in [1.82, 2.24) is 20.0 Å². The van der Waals surface area contributed by atoms with Gasteiger partial charge < -0.3 is 14.9 Å². The first-order chi connectivity index (χ1) is 14.6. The third-order valence-electron chi connectivity index (χ3n) is 7.10. The van der Waals surface area contributed by atoms with Crippen LogP contribution < -0.4 is 0 Å². The molecule has 0 aliphatic carbocycles. The lowest BCUT2D eigenvalue weighted by atomic mass is 9.68. The van der Waals surface area contributed by atoms with E-state index in [-0.39, 0.29) is 11.9 Å². The summed E-state index contributed by atoms with van der Waals surface area (Å²) in [6.45, 7) is 6.51. The Morgan fingerprint density at radius 1 is 1.26 bits per heavy atom. The molecule has 0 saturated carbocycles. The molecule has 2 fully saturated rings. The highest BCUT2D eigenvalue weighted by molar-refractivity contribution is 8.00. The number of amides is 2. The third kappa shape index (κ3) is 4.43. The van der Waals surface area contributed by atoms with Crippen LogP contribution in [-0.2, 0) is 9.52 Å².